The van der Waals surface area contributed by atoms with Crippen LogP contribution in [0.25, 0.3) is 27.5 Å². The van der Waals surface area contributed by atoms with Crippen molar-refractivity contribution in [3.63, 3.8) is 0 Å². The molecule has 2 aromatic heterocycles. The van der Waals surface area contributed by atoms with Crippen LogP contribution in [0, 0.1) is 5.92 Å². The van der Waals surface area contributed by atoms with Crippen LogP contribution in [0.1, 0.15) is 64.5 Å². The predicted octanol–water partition coefficient (Wildman–Crippen LogP) is 8.08. The van der Waals surface area contributed by atoms with Gasteiger partial charge in [-0.25, -0.2) is 4.98 Å². The summed E-state index contributed by atoms with van der Waals surface area (Å²) in [6, 6.07) is 21.1. The van der Waals surface area contributed by atoms with Gasteiger partial charge in [0.2, 0.25) is 0 Å². The lowest BCUT2D eigenvalue weighted by atomic mass is 9.98. The maximum absolute atomic E-state index is 13.7. The summed E-state index contributed by atoms with van der Waals surface area (Å²) in [5, 5.41) is 2.57. The highest BCUT2D eigenvalue weighted by Gasteiger charge is 2.22. The van der Waals surface area contributed by atoms with Crippen LogP contribution in [0.2, 0.25) is 0 Å². The summed E-state index contributed by atoms with van der Waals surface area (Å²) < 4.78 is 1.69. The van der Waals surface area contributed by atoms with Gasteiger partial charge in [-0.1, -0.05) is 90.1 Å². The maximum atomic E-state index is 13.7. The molecular formula is C30H36N2O2S. The number of para-hydroxylation sites is 1. The summed E-state index contributed by atoms with van der Waals surface area (Å²) in [4.78, 5) is 31.1. The number of benzene rings is 2. The largest absolute Gasteiger partial charge is 0.294 e. The molecule has 0 atom stereocenters. The van der Waals surface area contributed by atoms with Crippen LogP contribution in [0.15, 0.2) is 76.9 Å². The number of carbonyl (C=O) groups is 1. The second-order valence-electron chi connectivity index (χ2n) is 7.95. The SMILES string of the molecule is CC.CC.CC(=O)c1cc(-c2nc(-c3ccccc3)cs2)c(=O)n(-c2ccccc2)c1CC(C)C. The summed E-state index contributed by atoms with van der Waals surface area (Å²) in [6.07, 6.45) is 0.631. The second kappa shape index (κ2) is 13.5. The molecular weight excluding hydrogens is 452 g/mol. The van der Waals surface area contributed by atoms with Crippen LogP contribution in [-0.4, -0.2) is 15.3 Å². The Balaban J connectivity index is 0.00000103. The average molecular weight is 489 g/mol. The number of carbonyl (C=O) groups excluding carboxylic acids is 1. The molecule has 0 bridgehead atoms. The van der Waals surface area contributed by atoms with Crippen molar-refractivity contribution in [1.82, 2.24) is 9.55 Å². The third kappa shape index (κ3) is 6.64. The molecule has 4 rings (SSSR count). The molecule has 4 aromatic rings. The van der Waals surface area contributed by atoms with E-state index in [1.54, 1.807) is 17.6 Å². The number of hydrogen-bond acceptors (Lipinski definition) is 4. The Hall–Kier alpha value is -3.31. The number of nitrogens with zero attached hydrogens (tertiary/aromatic N) is 2. The fraction of sp³-hybridized carbons (Fsp3) is 0.300. The lowest BCUT2D eigenvalue weighted by molar-refractivity contribution is 0.101. The zero-order valence-corrected chi connectivity index (χ0v) is 22.6. The molecule has 0 radical (unpaired) electrons. The minimum Gasteiger partial charge on any atom is -0.294 e. The van der Waals surface area contributed by atoms with Crippen molar-refractivity contribution >= 4 is 17.1 Å². The standard InChI is InChI=1S/C26H24N2O2S.2C2H6/c1-17(2)14-24-21(18(3)29)15-22(26(30)28(24)20-12-8-5-9-13-20)25-27-23(16-31-25)19-10-6-4-7-11-19;2*1-2/h4-13,15-17H,14H2,1-3H3;2*1-2H3. The quantitative estimate of drug-likeness (QED) is 0.258. The lowest BCUT2D eigenvalue weighted by Crippen LogP contribution is -2.27. The van der Waals surface area contributed by atoms with E-state index in [4.69, 9.17) is 4.98 Å². The summed E-state index contributed by atoms with van der Waals surface area (Å²) >= 11 is 1.42. The van der Waals surface area contributed by atoms with Crippen molar-refractivity contribution in [3.8, 4) is 27.5 Å². The average Bonchev–Trinajstić information content (AvgIpc) is 3.37. The zero-order valence-electron chi connectivity index (χ0n) is 21.8. The fourth-order valence-corrected chi connectivity index (χ4v) is 4.52. The molecule has 0 aliphatic rings. The van der Waals surface area contributed by atoms with Gasteiger partial charge >= 0.3 is 0 Å². The molecule has 35 heavy (non-hydrogen) atoms. The number of aromatic nitrogens is 2. The van der Waals surface area contributed by atoms with Crippen molar-refractivity contribution in [3.05, 3.63) is 93.7 Å². The predicted molar refractivity (Wildman–Crippen MR) is 150 cm³/mol. The van der Waals surface area contributed by atoms with Gasteiger partial charge in [-0.3, -0.25) is 14.2 Å². The van der Waals surface area contributed by atoms with E-state index >= 15 is 0 Å². The Kier molecular flexibility index (Phi) is 10.8. The molecule has 0 saturated carbocycles. The van der Waals surface area contributed by atoms with Gasteiger partial charge in [0.25, 0.3) is 5.56 Å². The van der Waals surface area contributed by atoms with E-state index in [0.29, 0.717) is 28.5 Å². The van der Waals surface area contributed by atoms with Gasteiger partial charge in [0, 0.05) is 27.9 Å². The topological polar surface area (TPSA) is 52.0 Å². The van der Waals surface area contributed by atoms with Gasteiger partial charge in [-0.2, -0.15) is 0 Å². The Morgan fingerprint density at radius 1 is 0.943 bits per heavy atom. The monoisotopic (exact) mass is 488 g/mol. The number of hydrogen-bond donors (Lipinski definition) is 0. The van der Waals surface area contributed by atoms with Crippen LogP contribution < -0.4 is 5.56 Å². The Morgan fingerprint density at radius 3 is 2.06 bits per heavy atom. The maximum Gasteiger partial charge on any atom is 0.265 e. The molecule has 2 aromatic carbocycles. The normalized spacial score (nSPS) is 10.2. The smallest absolute Gasteiger partial charge is 0.265 e. The molecule has 0 amide bonds. The minimum absolute atomic E-state index is 0.0542. The van der Waals surface area contributed by atoms with E-state index in [1.807, 2.05) is 93.7 Å². The molecule has 4 nitrogen and oxygen atoms in total. The first-order valence-electron chi connectivity index (χ1n) is 12.3. The second-order valence-corrected chi connectivity index (χ2v) is 8.81. The number of Topliss-reactive ketones (excluding diaryl/α,β-unsaturated/α-hetero) is 1. The van der Waals surface area contributed by atoms with Crippen LogP contribution in [0.3, 0.4) is 0 Å². The molecule has 0 aliphatic carbocycles. The summed E-state index contributed by atoms with van der Waals surface area (Å²) in [5.74, 6) is 0.240. The van der Waals surface area contributed by atoms with Gasteiger partial charge in [0.05, 0.1) is 11.3 Å². The first kappa shape index (κ1) is 27.9. The number of rotatable bonds is 6. The first-order valence-corrected chi connectivity index (χ1v) is 13.2. The van der Waals surface area contributed by atoms with Crippen LogP contribution >= 0.6 is 11.3 Å². The van der Waals surface area contributed by atoms with Gasteiger partial charge in [-0.15, -0.1) is 11.3 Å². The Bertz CT molecular complexity index is 1270. The van der Waals surface area contributed by atoms with Gasteiger partial charge < -0.3 is 0 Å². The number of ketones is 1. The molecule has 2 heterocycles. The highest BCUT2D eigenvalue weighted by atomic mass is 32.1. The van der Waals surface area contributed by atoms with Crippen molar-refractivity contribution in [2.24, 2.45) is 5.92 Å². The highest BCUT2D eigenvalue weighted by Crippen LogP contribution is 2.29. The molecule has 0 fully saturated rings. The summed E-state index contributed by atoms with van der Waals surface area (Å²) in [6.45, 7) is 13.7. The Morgan fingerprint density at radius 2 is 1.51 bits per heavy atom. The van der Waals surface area contributed by atoms with E-state index in [9.17, 15) is 9.59 Å². The van der Waals surface area contributed by atoms with E-state index in [-0.39, 0.29) is 11.3 Å². The van der Waals surface area contributed by atoms with Gasteiger partial charge in [-0.05, 0) is 37.5 Å². The molecule has 184 valence electrons. The van der Waals surface area contributed by atoms with Crippen LogP contribution in [0.4, 0.5) is 0 Å². The fourth-order valence-electron chi connectivity index (χ4n) is 3.69. The molecule has 0 unspecified atom stereocenters. The number of pyridine rings is 1. The summed E-state index contributed by atoms with van der Waals surface area (Å²) in [5.41, 5.74) is 4.20. The third-order valence-corrected chi connectivity index (χ3v) is 5.98. The van der Waals surface area contributed by atoms with E-state index in [0.717, 1.165) is 22.6 Å². The van der Waals surface area contributed by atoms with Crippen molar-refractivity contribution in [2.75, 3.05) is 0 Å². The highest BCUT2D eigenvalue weighted by molar-refractivity contribution is 7.13. The van der Waals surface area contributed by atoms with Crippen molar-refractivity contribution in [1.29, 1.82) is 0 Å². The number of thiazole rings is 1. The third-order valence-electron chi connectivity index (χ3n) is 5.10. The lowest BCUT2D eigenvalue weighted by Gasteiger charge is -2.19. The molecule has 0 aliphatic heterocycles. The first-order chi connectivity index (χ1) is 17.0. The molecule has 0 N–H and O–H groups in total. The zero-order chi connectivity index (χ0) is 26.0. The van der Waals surface area contributed by atoms with E-state index in [1.165, 1.54) is 11.3 Å². The minimum atomic E-state index is -0.152. The van der Waals surface area contributed by atoms with Crippen LogP contribution in [-0.2, 0) is 6.42 Å². The molecule has 0 spiro atoms. The Labute approximate surface area is 213 Å². The van der Waals surface area contributed by atoms with E-state index < -0.39 is 0 Å². The van der Waals surface area contributed by atoms with E-state index in [2.05, 4.69) is 13.8 Å². The van der Waals surface area contributed by atoms with Gasteiger partial charge in [0.1, 0.15) is 5.01 Å². The van der Waals surface area contributed by atoms with Crippen LogP contribution in [0.5, 0.6) is 0 Å². The molecule has 5 heteroatoms. The summed E-state index contributed by atoms with van der Waals surface area (Å²) in [7, 11) is 0. The van der Waals surface area contributed by atoms with Crippen molar-refractivity contribution in [2.45, 2.75) is 54.9 Å². The van der Waals surface area contributed by atoms with Crippen molar-refractivity contribution < 1.29 is 4.79 Å². The molecule has 0 saturated heterocycles. The van der Waals surface area contributed by atoms with Gasteiger partial charge in [0.15, 0.2) is 5.78 Å².